The molecule has 2 aliphatic heterocycles. The predicted molar refractivity (Wildman–Crippen MR) is 102 cm³/mol. The average molecular weight is 384 g/mol. The van der Waals surface area contributed by atoms with E-state index >= 15 is 0 Å². The summed E-state index contributed by atoms with van der Waals surface area (Å²) in [4.78, 5) is 48.8. The molecule has 3 amide bonds. The summed E-state index contributed by atoms with van der Waals surface area (Å²) >= 11 is 0. The summed E-state index contributed by atoms with van der Waals surface area (Å²) in [6.07, 6.45) is 2.57. The molecule has 0 aromatic carbocycles. The van der Waals surface area contributed by atoms with Gasteiger partial charge in [-0.1, -0.05) is 6.07 Å². The van der Waals surface area contributed by atoms with Crippen LogP contribution in [0.25, 0.3) is 5.52 Å². The molecule has 0 atom stereocenters. The van der Waals surface area contributed by atoms with Crippen LogP contribution in [0.1, 0.15) is 21.1 Å². The van der Waals surface area contributed by atoms with Gasteiger partial charge in [0.2, 0.25) is 12.2 Å². The van der Waals surface area contributed by atoms with Crippen molar-refractivity contribution in [3.8, 4) is 0 Å². The summed E-state index contributed by atoms with van der Waals surface area (Å²) in [6.45, 7) is 4.88. The van der Waals surface area contributed by atoms with Gasteiger partial charge in [-0.3, -0.25) is 18.8 Å². The molecule has 0 spiro atoms. The molecule has 2 aliphatic rings. The van der Waals surface area contributed by atoms with E-state index in [1.165, 1.54) is 0 Å². The van der Waals surface area contributed by atoms with Gasteiger partial charge in [0.15, 0.2) is 5.69 Å². The first kappa shape index (κ1) is 18.4. The van der Waals surface area contributed by atoms with Gasteiger partial charge in [-0.2, -0.15) is 0 Å². The molecule has 4 rings (SSSR count). The van der Waals surface area contributed by atoms with Gasteiger partial charge in [-0.05, 0) is 19.2 Å². The molecule has 2 saturated heterocycles. The molecular weight excluding hydrogens is 360 g/mol. The average Bonchev–Trinajstić information content (AvgIpc) is 3.13. The fourth-order valence-electron chi connectivity index (χ4n) is 3.68. The summed E-state index contributed by atoms with van der Waals surface area (Å²) in [7, 11) is 2.04. The fourth-order valence-corrected chi connectivity index (χ4v) is 3.68. The number of hydrogen-bond donors (Lipinski definition) is 0. The van der Waals surface area contributed by atoms with Crippen molar-refractivity contribution in [1.82, 2.24) is 29.0 Å². The smallest absolute Gasteiger partial charge is 0.290 e. The number of likely N-dealkylation sites (N-methyl/N-ethyl adjacent to an activating group) is 1. The summed E-state index contributed by atoms with van der Waals surface area (Å²) in [5.41, 5.74) is 0.960. The van der Waals surface area contributed by atoms with E-state index in [9.17, 15) is 14.4 Å². The van der Waals surface area contributed by atoms with E-state index in [4.69, 9.17) is 0 Å². The van der Waals surface area contributed by atoms with Crippen molar-refractivity contribution in [2.24, 2.45) is 0 Å². The third kappa shape index (κ3) is 3.33. The van der Waals surface area contributed by atoms with E-state index in [0.29, 0.717) is 50.5 Å². The Morgan fingerprint density at radius 1 is 0.929 bits per heavy atom. The molecule has 28 heavy (non-hydrogen) atoms. The summed E-state index contributed by atoms with van der Waals surface area (Å²) in [6, 6.07) is 5.48. The Kier molecular flexibility index (Phi) is 4.99. The Bertz CT molecular complexity index is 894. The lowest BCUT2D eigenvalue weighted by atomic mass is 10.2. The molecule has 0 saturated carbocycles. The molecule has 2 aromatic rings. The number of imidazole rings is 1. The summed E-state index contributed by atoms with van der Waals surface area (Å²) in [5.74, 6) is -0.113. The Morgan fingerprint density at radius 3 is 2.25 bits per heavy atom. The van der Waals surface area contributed by atoms with Gasteiger partial charge < -0.3 is 19.6 Å². The van der Waals surface area contributed by atoms with Crippen LogP contribution in [-0.4, -0.2) is 107 Å². The van der Waals surface area contributed by atoms with Crippen molar-refractivity contribution in [1.29, 1.82) is 0 Å². The fraction of sp³-hybridized carbons (Fsp3) is 0.474. The molecule has 0 N–H and O–H groups in total. The third-order valence-electron chi connectivity index (χ3n) is 5.48. The second kappa shape index (κ2) is 7.59. The molecule has 0 unspecified atom stereocenters. The Labute approximate surface area is 163 Å². The first-order valence-electron chi connectivity index (χ1n) is 9.52. The van der Waals surface area contributed by atoms with Crippen LogP contribution in [0.2, 0.25) is 0 Å². The zero-order chi connectivity index (χ0) is 19.7. The zero-order valence-electron chi connectivity index (χ0n) is 16.0. The quantitative estimate of drug-likeness (QED) is 0.675. The first-order valence-corrected chi connectivity index (χ1v) is 9.52. The number of aromatic nitrogens is 2. The zero-order valence-corrected chi connectivity index (χ0v) is 16.0. The number of fused-ring (bicyclic) bond motifs is 1. The topological polar surface area (TPSA) is 81.5 Å². The number of piperazine rings is 2. The largest absolute Gasteiger partial charge is 0.342 e. The van der Waals surface area contributed by atoms with Crippen LogP contribution in [0.5, 0.6) is 0 Å². The number of nitrogens with zero attached hydrogens (tertiary/aromatic N) is 6. The molecule has 0 bridgehead atoms. The SMILES string of the molecule is CN1CCN(C(=O)c2nc(C(=O)N3CCN(C=O)CC3)n3ccccc23)CC1. The maximum atomic E-state index is 13.1. The number of hydrogen-bond acceptors (Lipinski definition) is 5. The van der Waals surface area contributed by atoms with E-state index in [1.54, 1.807) is 25.3 Å². The van der Waals surface area contributed by atoms with E-state index in [0.717, 1.165) is 19.5 Å². The maximum absolute atomic E-state index is 13.1. The number of pyridine rings is 1. The lowest BCUT2D eigenvalue weighted by Gasteiger charge is -2.32. The third-order valence-corrected chi connectivity index (χ3v) is 5.48. The van der Waals surface area contributed by atoms with Gasteiger partial charge in [0.25, 0.3) is 11.8 Å². The highest BCUT2D eigenvalue weighted by Gasteiger charge is 2.29. The normalized spacial score (nSPS) is 18.5. The van der Waals surface area contributed by atoms with Crippen molar-refractivity contribution >= 4 is 23.7 Å². The predicted octanol–water partition coefficient (Wildman–Crippen LogP) is -0.364. The van der Waals surface area contributed by atoms with E-state index in [1.807, 2.05) is 25.2 Å². The van der Waals surface area contributed by atoms with Crippen LogP contribution in [0, 0.1) is 0 Å². The maximum Gasteiger partial charge on any atom is 0.290 e. The highest BCUT2D eigenvalue weighted by atomic mass is 16.2. The van der Waals surface area contributed by atoms with Gasteiger partial charge in [0.1, 0.15) is 0 Å². The Balaban J connectivity index is 1.62. The van der Waals surface area contributed by atoms with E-state index in [2.05, 4.69) is 9.88 Å². The van der Waals surface area contributed by atoms with Crippen molar-refractivity contribution in [2.75, 3.05) is 59.4 Å². The molecule has 9 heteroatoms. The first-order chi connectivity index (χ1) is 13.6. The van der Waals surface area contributed by atoms with Gasteiger partial charge in [-0.15, -0.1) is 0 Å². The second-order valence-corrected chi connectivity index (χ2v) is 7.27. The van der Waals surface area contributed by atoms with Gasteiger partial charge in [-0.25, -0.2) is 4.98 Å². The molecule has 148 valence electrons. The van der Waals surface area contributed by atoms with E-state index < -0.39 is 0 Å². The summed E-state index contributed by atoms with van der Waals surface area (Å²) in [5, 5.41) is 0. The molecule has 2 aromatic heterocycles. The van der Waals surface area contributed by atoms with Crippen molar-refractivity contribution in [3.05, 3.63) is 35.9 Å². The Morgan fingerprint density at radius 2 is 1.57 bits per heavy atom. The van der Waals surface area contributed by atoms with E-state index in [-0.39, 0.29) is 17.6 Å². The standard InChI is InChI=1S/C19H24N6O3/c1-21-6-10-23(11-7-21)18(27)16-15-4-2-3-5-25(15)17(20-16)19(28)24-12-8-22(14-26)9-13-24/h2-5,14H,6-13H2,1H3. The minimum atomic E-state index is -0.218. The molecular formula is C19H24N6O3. The molecule has 9 nitrogen and oxygen atoms in total. The molecule has 0 radical (unpaired) electrons. The Hall–Kier alpha value is -2.94. The second-order valence-electron chi connectivity index (χ2n) is 7.27. The van der Waals surface area contributed by atoms with Gasteiger partial charge in [0.05, 0.1) is 5.52 Å². The minimum Gasteiger partial charge on any atom is -0.342 e. The summed E-state index contributed by atoms with van der Waals surface area (Å²) < 4.78 is 1.69. The lowest BCUT2D eigenvalue weighted by Crippen LogP contribution is -2.48. The lowest BCUT2D eigenvalue weighted by molar-refractivity contribution is -0.119. The number of rotatable bonds is 3. The van der Waals surface area contributed by atoms with Crippen LogP contribution in [0.4, 0.5) is 0 Å². The van der Waals surface area contributed by atoms with Crippen molar-refractivity contribution in [2.45, 2.75) is 0 Å². The van der Waals surface area contributed by atoms with Crippen LogP contribution >= 0.6 is 0 Å². The number of carbonyl (C=O) groups excluding carboxylic acids is 3. The van der Waals surface area contributed by atoms with Gasteiger partial charge >= 0.3 is 0 Å². The number of amides is 3. The minimum absolute atomic E-state index is 0.137. The van der Waals surface area contributed by atoms with Gasteiger partial charge in [0, 0.05) is 58.6 Å². The number of carbonyl (C=O) groups is 3. The van der Waals surface area contributed by atoms with Crippen molar-refractivity contribution < 1.29 is 14.4 Å². The highest BCUT2D eigenvalue weighted by Crippen LogP contribution is 2.18. The van der Waals surface area contributed by atoms with Crippen LogP contribution in [0.15, 0.2) is 24.4 Å². The molecule has 0 aliphatic carbocycles. The monoisotopic (exact) mass is 384 g/mol. The highest BCUT2D eigenvalue weighted by molar-refractivity contribution is 6.02. The molecule has 2 fully saturated rings. The molecule has 4 heterocycles. The van der Waals surface area contributed by atoms with Crippen LogP contribution in [-0.2, 0) is 4.79 Å². The van der Waals surface area contributed by atoms with Crippen molar-refractivity contribution in [3.63, 3.8) is 0 Å². The van der Waals surface area contributed by atoms with Crippen LogP contribution in [0.3, 0.4) is 0 Å². The van der Waals surface area contributed by atoms with Crippen LogP contribution < -0.4 is 0 Å².